The van der Waals surface area contributed by atoms with Gasteiger partial charge >= 0.3 is 5.65 Å². The number of aryl methyl sites for hydroxylation is 2. The molecule has 0 spiro atoms. The Morgan fingerprint density at radius 1 is 0.912 bits per heavy atom. The molecule has 6 heteroatoms. The molecule has 2 aromatic heterocycles. The highest BCUT2D eigenvalue weighted by atomic mass is 16.6. The molecule has 0 saturated heterocycles. The summed E-state index contributed by atoms with van der Waals surface area (Å²) in [6.07, 6.45) is 18.1. The Morgan fingerprint density at radius 3 is 2.03 bits per heavy atom. The molecule has 186 valence electrons. The smallest absolute Gasteiger partial charge is 0.301 e. The van der Waals surface area contributed by atoms with Gasteiger partial charge in [-0.3, -0.25) is 4.57 Å². The van der Waals surface area contributed by atoms with Crippen LogP contribution in [0.2, 0.25) is 0 Å². The van der Waals surface area contributed by atoms with Crippen LogP contribution in [-0.4, -0.2) is 21.6 Å². The summed E-state index contributed by atoms with van der Waals surface area (Å²) in [4.78, 5) is 14.0. The second kappa shape index (κ2) is 13.9. The second-order valence-electron chi connectivity index (χ2n) is 9.47. The van der Waals surface area contributed by atoms with Gasteiger partial charge in [0.05, 0.1) is 13.6 Å². The van der Waals surface area contributed by atoms with E-state index in [1.54, 1.807) is 7.11 Å². The Bertz CT molecular complexity index is 1070. The van der Waals surface area contributed by atoms with E-state index < -0.39 is 0 Å². The average Bonchev–Trinajstić information content (AvgIpc) is 3.07. The van der Waals surface area contributed by atoms with Crippen LogP contribution in [0.4, 0.5) is 5.82 Å². The number of nitrogens with zero attached hydrogens (tertiary/aromatic N) is 5. The molecule has 0 fully saturated rings. The Labute approximate surface area is 206 Å². The van der Waals surface area contributed by atoms with Crippen molar-refractivity contribution in [3.8, 4) is 0 Å². The normalized spacial score (nSPS) is 13.0. The number of imidazole rings is 1. The van der Waals surface area contributed by atoms with Crippen LogP contribution >= 0.6 is 0 Å². The van der Waals surface area contributed by atoms with Crippen molar-refractivity contribution < 1.29 is 9.40 Å². The maximum atomic E-state index is 5.01. The summed E-state index contributed by atoms with van der Waals surface area (Å²) in [5, 5.41) is 0. The third-order valence-electron chi connectivity index (χ3n) is 5.86. The van der Waals surface area contributed by atoms with E-state index in [1.165, 1.54) is 28.7 Å². The molecule has 34 heavy (non-hydrogen) atoms. The van der Waals surface area contributed by atoms with E-state index in [-0.39, 0.29) is 0 Å². The van der Waals surface area contributed by atoms with Crippen molar-refractivity contribution in [2.75, 3.05) is 7.11 Å². The molecule has 0 amide bonds. The molecule has 0 N–H and O–H groups in total. The molecule has 0 aromatic carbocycles. The number of hydrogen-bond donors (Lipinski definition) is 0. The first kappa shape index (κ1) is 27.5. The fourth-order valence-electron chi connectivity index (χ4n) is 3.89. The zero-order valence-corrected chi connectivity index (χ0v) is 22.5. The summed E-state index contributed by atoms with van der Waals surface area (Å²) in [5.41, 5.74) is 11.6. The summed E-state index contributed by atoms with van der Waals surface area (Å²) in [7, 11) is 3.53. The first-order valence-corrected chi connectivity index (χ1v) is 12.3. The summed E-state index contributed by atoms with van der Waals surface area (Å²) in [5.74, 6) is 1.25. The van der Waals surface area contributed by atoms with Gasteiger partial charge in [0, 0.05) is 12.9 Å². The molecule has 6 nitrogen and oxygen atoms in total. The fourth-order valence-corrected chi connectivity index (χ4v) is 3.89. The molecule has 0 aliphatic heterocycles. The molecule has 0 unspecified atom stereocenters. The third-order valence-corrected chi connectivity index (χ3v) is 5.86. The standard InChI is InChI=1S/C28H43N5O/c1-21(2)12-9-13-22(3)14-10-15-23(4)16-11-17-24(5)18-19-33-20-32(7)28-26(33)27(31-34-8)29-25(6)30-28/h12,14,16,18,20H,9-11,13,15,17,19H2,1-8H3/b22-14+,23-16+,24-18+. The van der Waals surface area contributed by atoms with Crippen molar-refractivity contribution in [3.05, 3.63) is 64.2 Å². The van der Waals surface area contributed by atoms with E-state index in [0.717, 1.165) is 49.8 Å². The number of allylic oxidation sites excluding steroid dienone is 8. The van der Waals surface area contributed by atoms with E-state index in [9.17, 15) is 0 Å². The maximum absolute atomic E-state index is 5.01. The van der Waals surface area contributed by atoms with Crippen LogP contribution in [0.25, 0.3) is 16.6 Å². The van der Waals surface area contributed by atoms with Gasteiger partial charge in [-0.1, -0.05) is 46.6 Å². The minimum Gasteiger partial charge on any atom is -0.404 e. The quantitative estimate of drug-likeness (QED) is 0.177. The first-order valence-electron chi connectivity index (χ1n) is 12.3. The molecule has 0 atom stereocenters. The van der Waals surface area contributed by atoms with Crippen LogP contribution in [0.15, 0.2) is 52.9 Å². The van der Waals surface area contributed by atoms with E-state index >= 15 is 0 Å². The van der Waals surface area contributed by atoms with E-state index in [1.807, 2.05) is 24.9 Å². The molecular weight excluding hydrogens is 422 g/mol. The van der Waals surface area contributed by atoms with Gasteiger partial charge in [0.1, 0.15) is 5.82 Å². The van der Waals surface area contributed by atoms with Crippen LogP contribution in [0.5, 0.6) is 0 Å². The van der Waals surface area contributed by atoms with Crippen molar-refractivity contribution in [2.45, 2.75) is 86.6 Å². The SMILES string of the molecule is CO[N-]c1nc(C)nc2c1n(C/C=C(\C)CC/C=C(\C)CC/C=C(\C)CCC=C(C)C)c[n+]2C. The van der Waals surface area contributed by atoms with Gasteiger partial charge in [0.15, 0.2) is 11.8 Å². The molecule has 2 rings (SSSR count). The van der Waals surface area contributed by atoms with E-state index in [4.69, 9.17) is 4.84 Å². The molecule has 2 heterocycles. The highest BCUT2D eigenvalue weighted by molar-refractivity contribution is 5.82. The Morgan fingerprint density at radius 2 is 1.47 bits per heavy atom. The molecule has 0 bridgehead atoms. The minimum atomic E-state index is 0.566. The van der Waals surface area contributed by atoms with Crippen LogP contribution in [0.3, 0.4) is 0 Å². The number of rotatable bonds is 13. The zero-order valence-electron chi connectivity index (χ0n) is 22.5. The van der Waals surface area contributed by atoms with Crippen LogP contribution in [0.1, 0.15) is 79.0 Å². The highest BCUT2D eigenvalue weighted by Gasteiger charge is 2.16. The Kier molecular flexibility index (Phi) is 11.2. The van der Waals surface area contributed by atoms with Gasteiger partial charge in [0.2, 0.25) is 0 Å². The molecule has 0 saturated carbocycles. The van der Waals surface area contributed by atoms with Crippen molar-refractivity contribution in [2.24, 2.45) is 7.05 Å². The maximum Gasteiger partial charge on any atom is 0.301 e. The fraction of sp³-hybridized carbons (Fsp3) is 0.536. The Hall–Kier alpha value is -2.73. The van der Waals surface area contributed by atoms with Crippen molar-refractivity contribution in [1.29, 1.82) is 0 Å². The average molecular weight is 466 g/mol. The van der Waals surface area contributed by atoms with Gasteiger partial charge in [0.25, 0.3) is 0 Å². The van der Waals surface area contributed by atoms with Crippen molar-refractivity contribution in [1.82, 2.24) is 14.5 Å². The van der Waals surface area contributed by atoms with Crippen molar-refractivity contribution >= 4 is 17.0 Å². The van der Waals surface area contributed by atoms with Gasteiger partial charge in [-0.2, -0.15) is 0 Å². The predicted octanol–water partition coefficient (Wildman–Crippen LogP) is 7.28. The summed E-state index contributed by atoms with van der Waals surface area (Å²) in [6.45, 7) is 13.7. The number of hydrogen-bond acceptors (Lipinski definition) is 3. The topological polar surface area (TPSA) is 57.9 Å². The summed E-state index contributed by atoms with van der Waals surface area (Å²) >= 11 is 0. The van der Waals surface area contributed by atoms with Crippen LogP contribution in [-0.2, 0) is 18.4 Å². The van der Waals surface area contributed by atoms with Gasteiger partial charge < -0.3 is 15.3 Å². The molecule has 2 aromatic rings. The number of fused-ring (bicyclic) bond motifs is 1. The monoisotopic (exact) mass is 465 g/mol. The molecule has 0 aliphatic carbocycles. The van der Waals surface area contributed by atoms with E-state index in [0.29, 0.717) is 11.6 Å². The van der Waals surface area contributed by atoms with Gasteiger partial charge in [-0.05, 0) is 80.1 Å². The predicted molar refractivity (Wildman–Crippen MR) is 142 cm³/mol. The largest absolute Gasteiger partial charge is 0.404 e. The Balaban J connectivity index is 1.89. The lowest BCUT2D eigenvalue weighted by Gasteiger charge is -2.12. The third kappa shape index (κ3) is 8.90. The summed E-state index contributed by atoms with van der Waals surface area (Å²) in [6, 6.07) is 0. The lowest BCUT2D eigenvalue weighted by atomic mass is 10.0. The first-order chi connectivity index (χ1) is 16.2. The summed E-state index contributed by atoms with van der Waals surface area (Å²) < 4.78 is 4.13. The lowest BCUT2D eigenvalue weighted by Crippen LogP contribution is -2.26. The van der Waals surface area contributed by atoms with Crippen LogP contribution in [0, 0.1) is 6.92 Å². The molecular formula is C28H43N5O. The van der Waals surface area contributed by atoms with Crippen molar-refractivity contribution in [3.63, 3.8) is 0 Å². The van der Waals surface area contributed by atoms with Crippen LogP contribution < -0.4 is 4.57 Å². The molecule has 0 radical (unpaired) electrons. The lowest BCUT2D eigenvalue weighted by molar-refractivity contribution is -0.647. The van der Waals surface area contributed by atoms with E-state index in [2.05, 4.69) is 78.9 Å². The van der Waals surface area contributed by atoms with Gasteiger partial charge in [-0.15, -0.1) is 4.98 Å². The zero-order chi connectivity index (χ0) is 25.1. The number of aromatic nitrogens is 4. The minimum absolute atomic E-state index is 0.566. The second-order valence-corrected chi connectivity index (χ2v) is 9.47. The molecule has 0 aliphatic rings. The van der Waals surface area contributed by atoms with Gasteiger partial charge in [-0.25, -0.2) is 4.57 Å². The highest BCUT2D eigenvalue weighted by Crippen LogP contribution is 2.25.